The average molecular weight is 617 g/mol. The summed E-state index contributed by atoms with van der Waals surface area (Å²) in [5.74, 6) is 1.99. The van der Waals surface area contributed by atoms with Crippen LogP contribution in [0.4, 0.5) is 15.4 Å². The minimum atomic E-state index is -1.83. The number of fused-ring (bicyclic) bond motifs is 1. The zero-order valence-electron chi connectivity index (χ0n) is 25.8. The summed E-state index contributed by atoms with van der Waals surface area (Å²) in [6.07, 6.45) is 4.00. The number of hydrogen-bond donors (Lipinski definition) is 4. The van der Waals surface area contributed by atoms with Crippen molar-refractivity contribution in [1.29, 1.82) is 0 Å². The van der Waals surface area contributed by atoms with Crippen molar-refractivity contribution in [2.45, 2.75) is 72.0 Å². The van der Waals surface area contributed by atoms with Crippen LogP contribution in [0.15, 0.2) is 18.7 Å². The molecule has 2 aliphatic rings. The number of ether oxygens (including phenoxy) is 1. The van der Waals surface area contributed by atoms with Crippen molar-refractivity contribution in [3.05, 3.63) is 24.5 Å². The third-order valence-electron chi connectivity index (χ3n) is 6.55. The van der Waals surface area contributed by atoms with E-state index >= 15 is 0 Å². The van der Waals surface area contributed by atoms with Crippen LogP contribution in [0.25, 0.3) is 22.6 Å². The highest BCUT2D eigenvalue weighted by Crippen LogP contribution is 2.33. The number of rotatable bonds is 5. The number of hydrogen-bond acceptors (Lipinski definition) is 10. The van der Waals surface area contributed by atoms with Gasteiger partial charge in [-0.3, -0.25) is 4.79 Å². The molecular formula is C28H40N8O8. The second kappa shape index (κ2) is 13.8. The first-order valence-corrected chi connectivity index (χ1v) is 14.1. The molecule has 4 N–H and O–H groups in total. The predicted molar refractivity (Wildman–Crippen MR) is 159 cm³/mol. The molecule has 4 heterocycles. The highest BCUT2D eigenvalue weighted by molar-refractivity contribution is 5.92. The van der Waals surface area contributed by atoms with Crippen molar-refractivity contribution >= 4 is 35.2 Å². The Hall–Kier alpha value is -4.60. The van der Waals surface area contributed by atoms with Gasteiger partial charge in [0.25, 0.3) is 5.91 Å². The zero-order chi connectivity index (χ0) is 32.8. The largest absolute Gasteiger partial charge is 0.503 e. The molecule has 44 heavy (non-hydrogen) atoms. The van der Waals surface area contributed by atoms with E-state index in [4.69, 9.17) is 44.7 Å². The van der Waals surface area contributed by atoms with Gasteiger partial charge >= 0.3 is 12.3 Å². The van der Waals surface area contributed by atoms with Gasteiger partial charge in [0, 0.05) is 43.1 Å². The molecule has 5 rings (SSSR count). The standard InChI is InChI=1S/C26H36N8O2.2CH2O3/c1-25(2,3)34(26(4,5)6)24(35)21-27-13-18(14-28-21)20-30-22(32-9-11-36-12-10-32)19-23(31-20)33(16-29-19)15-17-7-8-17;2*2-1(3)4/h13-14,16-17H,7-12,15H2,1-6H3;2*(H2,2,3,4). The van der Waals surface area contributed by atoms with Gasteiger partial charge in [0.05, 0.1) is 25.1 Å². The van der Waals surface area contributed by atoms with E-state index in [1.807, 2.05) is 52.8 Å². The third kappa shape index (κ3) is 9.20. The number of nitrogens with zero attached hydrogens (tertiary/aromatic N) is 8. The smallest absolute Gasteiger partial charge is 0.450 e. The summed E-state index contributed by atoms with van der Waals surface area (Å²) in [6.45, 7) is 15.8. The van der Waals surface area contributed by atoms with Gasteiger partial charge in [-0.2, -0.15) is 0 Å². The zero-order valence-corrected chi connectivity index (χ0v) is 25.8. The lowest BCUT2D eigenvalue weighted by Gasteiger charge is -2.45. The molecule has 240 valence electrons. The Labute approximate surface area is 254 Å². The lowest BCUT2D eigenvalue weighted by atomic mass is 9.95. The summed E-state index contributed by atoms with van der Waals surface area (Å²) in [5.41, 5.74) is 1.54. The van der Waals surface area contributed by atoms with Crippen molar-refractivity contribution in [2.24, 2.45) is 5.92 Å². The molecule has 3 aromatic rings. The summed E-state index contributed by atoms with van der Waals surface area (Å²) >= 11 is 0. The molecule has 1 aliphatic heterocycles. The van der Waals surface area contributed by atoms with Crippen molar-refractivity contribution in [2.75, 3.05) is 31.2 Å². The van der Waals surface area contributed by atoms with E-state index in [1.165, 1.54) is 12.8 Å². The maximum absolute atomic E-state index is 13.4. The minimum absolute atomic E-state index is 0.164. The highest BCUT2D eigenvalue weighted by atomic mass is 16.6. The Morgan fingerprint density at radius 2 is 1.41 bits per heavy atom. The molecule has 2 fully saturated rings. The highest BCUT2D eigenvalue weighted by Gasteiger charge is 2.37. The molecule has 1 saturated carbocycles. The van der Waals surface area contributed by atoms with Gasteiger partial charge in [0.2, 0.25) is 5.82 Å². The van der Waals surface area contributed by atoms with Gasteiger partial charge in [-0.05, 0) is 60.3 Å². The second-order valence-corrected chi connectivity index (χ2v) is 12.3. The van der Waals surface area contributed by atoms with Crippen LogP contribution in [0, 0.1) is 5.92 Å². The van der Waals surface area contributed by atoms with E-state index in [9.17, 15) is 4.79 Å². The molecule has 1 aliphatic carbocycles. The van der Waals surface area contributed by atoms with Crippen LogP contribution < -0.4 is 4.90 Å². The molecule has 1 saturated heterocycles. The topological polar surface area (TPSA) is 217 Å². The summed E-state index contributed by atoms with van der Waals surface area (Å²) in [5, 5.41) is 27.9. The van der Waals surface area contributed by atoms with Gasteiger partial charge in [0.15, 0.2) is 22.8 Å². The summed E-state index contributed by atoms with van der Waals surface area (Å²) < 4.78 is 7.68. The van der Waals surface area contributed by atoms with Gasteiger partial charge in [-0.25, -0.2) is 34.5 Å². The Morgan fingerprint density at radius 3 is 1.89 bits per heavy atom. The van der Waals surface area contributed by atoms with Crippen LogP contribution in [0.5, 0.6) is 0 Å². The lowest BCUT2D eigenvalue weighted by Crippen LogP contribution is -2.56. The molecule has 0 atom stereocenters. The number of anilines is 1. The fourth-order valence-electron chi connectivity index (χ4n) is 5.04. The quantitative estimate of drug-likeness (QED) is 0.318. The van der Waals surface area contributed by atoms with Crippen LogP contribution in [-0.4, -0.2) is 110 Å². The average Bonchev–Trinajstić information content (AvgIpc) is 3.64. The summed E-state index contributed by atoms with van der Waals surface area (Å²) in [7, 11) is 0. The maximum Gasteiger partial charge on any atom is 0.503 e. The Kier molecular flexibility index (Phi) is 10.6. The SMILES string of the molecule is CC(C)(C)N(C(=O)c1ncc(-c2nc(N3CCOCC3)c3ncn(CC4CC4)c3n2)cn1)C(C)(C)C.O=C(O)O.O=C(O)O. The van der Waals surface area contributed by atoms with E-state index in [1.54, 1.807) is 12.4 Å². The molecule has 1 amide bonds. The molecule has 0 bridgehead atoms. The maximum atomic E-state index is 13.4. The van der Waals surface area contributed by atoms with Crippen LogP contribution >= 0.6 is 0 Å². The first-order chi connectivity index (χ1) is 20.5. The number of carbonyl (C=O) groups is 3. The van der Waals surface area contributed by atoms with Crippen LogP contribution in [-0.2, 0) is 11.3 Å². The first kappa shape index (κ1) is 33.9. The number of aromatic nitrogens is 6. The minimum Gasteiger partial charge on any atom is -0.450 e. The van der Waals surface area contributed by atoms with Crippen LogP contribution in [0.1, 0.15) is 65.0 Å². The number of imidazole rings is 1. The summed E-state index contributed by atoms with van der Waals surface area (Å²) in [6, 6.07) is 0. The molecule has 0 radical (unpaired) electrons. The fourth-order valence-corrected chi connectivity index (χ4v) is 5.04. The van der Waals surface area contributed by atoms with E-state index in [0.717, 1.165) is 36.6 Å². The van der Waals surface area contributed by atoms with Crippen LogP contribution in [0.3, 0.4) is 0 Å². The number of carbonyl (C=O) groups excluding carboxylic acids is 1. The van der Waals surface area contributed by atoms with E-state index in [-0.39, 0.29) is 22.8 Å². The molecule has 16 nitrogen and oxygen atoms in total. The van der Waals surface area contributed by atoms with Gasteiger partial charge in [0.1, 0.15) is 0 Å². The van der Waals surface area contributed by atoms with Crippen molar-refractivity contribution in [3.63, 3.8) is 0 Å². The number of amides is 1. The van der Waals surface area contributed by atoms with Crippen molar-refractivity contribution < 1.29 is 39.5 Å². The number of carboxylic acid groups (broad SMARTS) is 4. The molecule has 3 aromatic heterocycles. The van der Waals surface area contributed by atoms with E-state index in [0.29, 0.717) is 30.5 Å². The van der Waals surface area contributed by atoms with Gasteiger partial charge in [-0.15, -0.1) is 0 Å². The predicted octanol–water partition coefficient (Wildman–Crippen LogP) is 4.01. The molecule has 0 spiro atoms. The monoisotopic (exact) mass is 616 g/mol. The van der Waals surface area contributed by atoms with Gasteiger partial charge in [-0.1, -0.05) is 0 Å². The fraction of sp³-hybridized carbons (Fsp3) is 0.571. The second-order valence-electron chi connectivity index (χ2n) is 12.3. The Balaban J connectivity index is 0.000000592. The molecule has 16 heteroatoms. The van der Waals surface area contributed by atoms with Crippen molar-refractivity contribution in [1.82, 2.24) is 34.4 Å². The van der Waals surface area contributed by atoms with E-state index in [2.05, 4.69) is 24.4 Å². The lowest BCUT2D eigenvalue weighted by molar-refractivity contribution is 0.0258. The van der Waals surface area contributed by atoms with Crippen LogP contribution in [0.2, 0.25) is 0 Å². The van der Waals surface area contributed by atoms with Gasteiger partial charge < -0.3 is 39.5 Å². The molecule has 0 aromatic carbocycles. The summed E-state index contributed by atoms with van der Waals surface area (Å²) in [4.78, 5) is 57.9. The molecular weight excluding hydrogens is 576 g/mol. The normalized spacial score (nSPS) is 15.0. The van der Waals surface area contributed by atoms with Crippen molar-refractivity contribution in [3.8, 4) is 11.4 Å². The Bertz CT molecular complexity index is 1420. The van der Waals surface area contributed by atoms with E-state index < -0.39 is 12.3 Å². The Morgan fingerprint density at radius 1 is 0.886 bits per heavy atom. The number of morpholine rings is 1. The first-order valence-electron chi connectivity index (χ1n) is 14.1. The molecule has 0 unspecified atom stereocenters. The third-order valence-corrected chi connectivity index (χ3v) is 6.55.